The molecule has 0 fully saturated rings. The van der Waals surface area contributed by atoms with Crippen LogP contribution in [0.2, 0.25) is 10.0 Å². The van der Waals surface area contributed by atoms with E-state index in [-0.39, 0.29) is 25.0 Å². The Bertz CT molecular complexity index is 1050. The maximum absolute atomic E-state index is 11.5. The number of nitrogens with zero attached hydrogens (tertiary/aromatic N) is 2. The summed E-state index contributed by atoms with van der Waals surface area (Å²) in [5, 5.41) is 3.77. The van der Waals surface area contributed by atoms with Gasteiger partial charge in [0.25, 0.3) is 5.91 Å². The van der Waals surface area contributed by atoms with Crippen LogP contribution in [0.25, 0.3) is 22.4 Å². The topological polar surface area (TPSA) is 89.6 Å². The number of ether oxygens (including phenoxy) is 1. The molecule has 1 heterocycles. The highest BCUT2D eigenvalue weighted by Gasteiger charge is 2.11. The lowest BCUT2D eigenvalue weighted by Crippen LogP contribution is -2.38. The molecule has 8 heteroatoms. The maximum Gasteiger partial charge on any atom is 0.252 e. The molecule has 2 aromatic carbocycles. The quantitative estimate of drug-likeness (QED) is 0.439. The molecule has 0 spiro atoms. The Morgan fingerprint density at radius 2 is 1.67 bits per heavy atom. The molecule has 0 saturated carbocycles. The van der Waals surface area contributed by atoms with Gasteiger partial charge in [-0.15, -0.1) is 0 Å². The molecule has 1 amide bonds. The fourth-order valence-corrected chi connectivity index (χ4v) is 3.06. The van der Waals surface area contributed by atoms with Crippen LogP contribution in [-0.2, 0) is 16.1 Å². The van der Waals surface area contributed by atoms with E-state index in [1.54, 1.807) is 6.20 Å². The van der Waals surface area contributed by atoms with Gasteiger partial charge in [0.05, 0.1) is 12.2 Å². The lowest BCUT2D eigenvalue weighted by atomic mass is 9.98. The van der Waals surface area contributed by atoms with E-state index < -0.39 is 0 Å². The molecular formula is C22H20Cl2N4O2. The molecule has 0 bridgehead atoms. The predicted molar refractivity (Wildman–Crippen MR) is 120 cm³/mol. The van der Waals surface area contributed by atoms with Crippen LogP contribution in [0.15, 0.2) is 65.8 Å². The van der Waals surface area contributed by atoms with Gasteiger partial charge in [0.2, 0.25) is 0 Å². The van der Waals surface area contributed by atoms with Gasteiger partial charge >= 0.3 is 0 Å². The van der Waals surface area contributed by atoms with E-state index >= 15 is 0 Å². The number of benzene rings is 2. The van der Waals surface area contributed by atoms with Crippen molar-refractivity contribution >= 4 is 35.1 Å². The number of aromatic nitrogens is 1. The second-order valence-corrected chi connectivity index (χ2v) is 7.31. The second kappa shape index (κ2) is 10.2. The molecule has 0 radical (unpaired) electrons. The number of pyridine rings is 1. The molecule has 0 aliphatic heterocycles. The minimum absolute atomic E-state index is 0.0203. The van der Waals surface area contributed by atoms with E-state index in [0.717, 1.165) is 27.9 Å². The van der Waals surface area contributed by atoms with E-state index in [1.807, 2.05) is 54.6 Å². The maximum atomic E-state index is 11.5. The van der Waals surface area contributed by atoms with Crippen LogP contribution in [0.4, 0.5) is 0 Å². The molecular weight excluding hydrogens is 423 g/mol. The number of nitrogens with two attached hydrogens (primary N) is 1. The number of hydrogen-bond donors (Lipinski definition) is 2. The molecule has 30 heavy (non-hydrogen) atoms. The lowest BCUT2D eigenvalue weighted by Gasteiger charge is -2.12. The van der Waals surface area contributed by atoms with Crippen LogP contribution in [0.3, 0.4) is 0 Å². The first kappa shape index (κ1) is 21.8. The van der Waals surface area contributed by atoms with Crippen molar-refractivity contribution in [3.05, 3.63) is 76.4 Å². The van der Waals surface area contributed by atoms with Crippen molar-refractivity contribution in [1.82, 2.24) is 10.3 Å². The molecule has 0 atom stereocenters. The van der Waals surface area contributed by atoms with E-state index in [4.69, 9.17) is 33.7 Å². The molecule has 0 saturated heterocycles. The Morgan fingerprint density at radius 1 is 1.07 bits per heavy atom. The molecule has 3 N–H and O–H groups in total. The summed E-state index contributed by atoms with van der Waals surface area (Å²) >= 11 is 12.1. The number of halogens is 2. The highest BCUT2D eigenvalue weighted by molar-refractivity contribution is 6.31. The summed E-state index contributed by atoms with van der Waals surface area (Å²) in [4.78, 5) is 20.4. The first-order chi connectivity index (χ1) is 14.5. The molecule has 0 unspecified atom stereocenters. The first-order valence-corrected chi connectivity index (χ1v) is 9.81. The largest absolute Gasteiger partial charge is 0.375 e. The summed E-state index contributed by atoms with van der Waals surface area (Å²) in [6.45, 7) is 0.169. The van der Waals surface area contributed by atoms with Gasteiger partial charge in [0.1, 0.15) is 6.61 Å². The Morgan fingerprint density at radius 3 is 2.27 bits per heavy atom. The molecule has 3 rings (SSSR count). The van der Waals surface area contributed by atoms with Crippen molar-refractivity contribution in [2.24, 2.45) is 10.7 Å². The normalized spacial score (nSPS) is 11.4. The van der Waals surface area contributed by atoms with Crippen molar-refractivity contribution in [1.29, 1.82) is 0 Å². The SMILES string of the molecule is COCC(=O)NC(N)=NCc1cnc(-c2ccc(Cl)cc2)c(-c2ccc(Cl)cc2)c1. The Labute approximate surface area is 184 Å². The Hall–Kier alpha value is -2.93. The van der Waals surface area contributed by atoms with E-state index in [0.29, 0.717) is 10.0 Å². The zero-order valence-corrected chi connectivity index (χ0v) is 17.7. The lowest BCUT2D eigenvalue weighted by molar-refractivity contribution is -0.123. The van der Waals surface area contributed by atoms with Crippen LogP contribution < -0.4 is 11.1 Å². The van der Waals surface area contributed by atoms with E-state index in [2.05, 4.69) is 15.3 Å². The van der Waals surface area contributed by atoms with Crippen molar-refractivity contribution in [3.63, 3.8) is 0 Å². The number of amides is 1. The number of hydrogen-bond acceptors (Lipinski definition) is 4. The van der Waals surface area contributed by atoms with Gasteiger partial charge in [-0.25, -0.2) is 4.99 Å². The van der Waals surface area contributed by atoms with Crippen LogP contribution >= 0.6 is 23.2 Å². The minimum atomic E-state index is -0.364. The van der Waals surface area contributed by atoms with Crippen LogP contribution in [0.1, 0.15) is 5.56 Å². The van der Waals surface area contributed by atoms with Gasteiger partial charge in [0.15, 0.2) is 5.96 Å². The molecule has 3 aromatic rings. The zero-order chi connectivity index (χ0) is 21.5. The smallest absolute Gasteiger partial charge is 0.252 e. The average Bonchev–Trinajstić information content (AvgIpc) is 2.73. The number of carbonyl (C=O) groups is 1. The summed E-state index contributed by atoms with van der Waals surface area (Å²) in [5.41, 5.74) is 10.2. The summed E-state index contributed by atoms with van der Waals surface area (Å²) < 4.78 is 4.75. The summed E-state index contributed by atoms with van der Waals surface area (Å²) in [7, 11) is 1.43. The first-order valence-electron chi connectivity index (χ1n) is 9.06. The number of carbonyl (C=O) groups excluding carboxylic acids is 1. The second-order valence-electron chi connectivity index (χ2n) is 6.44. The summed E-state index contributed by atoms with van der Waals surface area (Å²) in [6, 6.07) is 17.0. The minimum Gasteiger partial charge on any atom is -0.375 e. The highest BCUT2D eigenvalue weighted by Crippen LogP contribution is 2.32. The third-order valence-electron chi connectivity index (χ3n) is 4.19. The van der Waals surface area contributed by atoms with Crippen LogP contribution in [-0.4, -0.2) is 30.6 Å². The number of guanidine groups is 1. The standard InChI is InChI=1S/C22H20Cl2N4O2/c1-30-13-20(29)28-22(25)27-12-14-10-19(15-2-6-17(23)7-3-15)21(26-11-14)16-4-8-18(24)9-5-16/h2-11H,12-13H2,1H3,(H3,25,27,28,29). The number of rotatable bonds is 6. The highest BCUT2D eigenvalue weighted by atomic mass is 35.5. The number of nitrogens with one attached hydrogen (secondary N) is 1. The van der Waals surface area contributed by atoms with Crippen molar-refractivity contribution < 1.29 is 9.53 Å². The molecule has 154 valence electrons. The summed E-state index contributed by atoms with van der Waals surface area (Å²) in [6.07, 6.45) is 1.73. The predicted octanol–water partition coefficient (Wildman–Crippen LogP) is 4.30. The van der Waals surface area contributed by atoms with Crippen molar-refractivity contribution in [2.45, 2.75) is 6.54 Å². The van der Waals surface area contributed by atoms with Gasteiger partial charge in [-0.2, -0.15) is 0 Å². The number of aliphatic imine (C=N–C) groups is 1. The molecule has 0 aliphatic carbocycles. The zero-order valence-electron chi connectivity index (χ0n) is 16.2. The fraction of sp³-hybridized carbons (Fsp3) is 0.136. The molecule has 0 aliphatic rings. The number of methoxy groups -OCH3 is 1. The fourth-order valence-electron chi connectivity index (χ4n) is 2.81. The van der Waals surface area contributed by atoms with Crippen molar-refractivity contribution in [2.75, 3.05) is 13.7 Å². The molecule has 6 nitrogen and oxygen atoms in total. The van der Waals surface area contributed by atoms with Crippen LogP contribution in [0, 0.1) is 0 Å². The van der Waals surface area contributed by atoms with Gasteiger partial charge in [-0.3, -0.25) is 15.1 Å². The molecule has 1 aromatic heterocycles. The van der Waals surface area contributed by atoms with Crippen LogP contribution in [0.5, 0.6) is 0 Å². The van der Waals surface area contributed by atoms with Gasteiger partial charge < -0.3 is 10.5 Å². The third kappa shape index (κ3) is 5.79. The monoisotopic (exact) mass is 442 g/mol. The van der Waals surface area contributed by atoms with Crippen molar-refractivity contribution in [3.8, 4) is 22.4 Å². The van der Waals surface area contributed by atoms with Gasteiger partial charge in [0, 0.05) is 34.5 Å². The van der Waals surface area contributed by atoms with E-state index in [9.17, 15) is 4.79 Å². The Balaban J connectivity index is 1.93. The average molecular weight is 443 g/mol. The van der Waals surface area contributed by atoms with E-state index in [1.165, 1.54) is 7.11 Å². The van der Waals surface area contributed by atoms with Gasteiger partial charge in [-0.05, 0) is 41.5 Å². The summed E-state index contributed by atoms with van der Waals surface area (Å²) in [5.74, 6) is -0.344. The third-order valence-corrected chi connectivity index (χ3v) is 4.70. The Kier molecular flexibility index (Phi) is 7.41. The van der Waals surface area contributed by atoms with Gasteiger partial charge in [-0.1, -0.05) is 47.5 Å².